The van der Waals surface area contributed by atoms with Crippen molar-refractivity contribution in [2.24, 2.45) is 0 Å². The van der Waals surface area contributed by atoms with Gasteiger partial charge >= 0.3 is 0 Å². The minimum absolute atomic E-state index is 0.0333. The molecule has 1 N–H and O–H groups in total. The number of hydrogen-bond donors (Lipinski definition) is 1. The van der Waals surface area contributed by atoms with Gasteiger partial charge < -0.3 is 5.32 Å². The van der Waals surface area contributed by atoms with Crippen LogP contribution in [-0.4, -0.2) is 61.8 Å². The zero-order chi connectivity index (χ0) is 17.2. The molecule has 0 aromatic heterocycles. The van der Waals surface area contributed by atoms with Crippen molar-refractivity contribution in [1.82, 2.24) is 14.5 Å². The summed E-state index contributed by atoms with van der Waals surface area (Å²) in [6.45, 7) is 3.96. The van der Waals surface area contributed by atoms with Gasteiger partial charge in [-0.15, -0.1) is 0 Å². The van der Waals surface area contributed by atoms with Gasteiger partial charge in [0.1, 0.15) is 0 Å². The molecule has 1 amide bonds. The van der Waals surface area contributed by atoms with Crippen LogP contribution in [0.3, 0.4) is 0 Å². The van der Waals surface area contributed by atoms with Gasteiger partial charge in [-0.05, 0) is 25.3 Å². The fraction of sp³-hybridized carbons (Fsp3) is 0.588. The average Bonchev–Trinajstić information content (AvgIpc) is 3.39. The maximum Gasteiger partial charge on any atom is 0.237 e. The molecular formula is C17H25N3O3S. The summed E-state index contributed by atoms with van der Waals surface area (Å²) in [4.78, 5) is 14.2. The minimum atomic E-state index is -3.31. The molecule has 0 bridgehead atoms. The molecule has 24 heavy (non-hydrogen) atoms. The second-order valence-electron chi connectivity index (χ2n) is 6.64. The van der Waals surface area contributed by atoms with E-state index in [1.807, 2.05) is 37.3 Å². The van der Waals surface area contributed by atoms with Crippen LogP contribution in [0.5, 0.6) is 0 Å². The van der Waals surface area contributed by atoms with Crippen LogP contribution >= 0.6 is 0 Å². The largest absolute Gasteiger partial charge is 0.352 e. The van der Waals surface area contributed by atoms with E-state index in [4.69, 9.17) is 0 Å². The smallest absolute Gasteiger partial charge is 0.237 e. The van der Waals surface area contributed by atoms with Gasteiger partial charge in [-0.2, -0.15) is 4.31 Å². The van der Waals surface area contributed by atoms with Crippen molar-refractivity contribution >= 4 is 15.9 Å². The van der Waals surface area contributed by atoms with E-state index >= 15 is 0 Å². The zero-order valence-electron chi connectivity index (χ0n) is 14.0. The van der Waals surface area contributed by atoms with Crippen molar-refractivity contribution in [1.29, 1.82) is 0 Å². The highest BCUT2D eigenvalue weighted by atomic mass is 32.2. The van der Waals surface area contributed by atoms with E-state index in [2.05, 4.69) is 10.2 Å². The molecule has 1 saturated heterocycles. The van der Waals surface area contributed by atoms with Gasteiger partial charge in [0.2, 0.25) is 15.9 Å². The number of rotatable bonds is 6. The maximum atomic E-state index is 12.5. The van der Waals surface area contributed by atoms with E-state index in [0.29, 0.717) is 32.2 Å². The van der Waals surface area contributed by atoms with Gasteiger partial charge in [0.15, 0.2) is 0 Å². The molecule has 1 aromatic carbocycles. The lowest BCUT2D eigenvalue weighted by molar-refractivity contribution is -0.126. The van der Waals surface area contributed by atoms with E-state index in [0.717, 1.165) is 18.4 Å². The third-order valence-electron chi connectivity index (χ3n) is 4.71. The van der Waals surface area contributed by atoms with Crippen molar-refractivity contribution in [3.63, 3.8) is 0 Å². The first kappa shape index (κ1) is 17.4. The Morgan fingerprint density at radius 3 is 2.38 bits per heavy atom. The topological polar surface area (TPSA) is 69.7 Å². The predicted molar refractivity (Wildman–Crippen MR) is 92.8 cm³/mol. The average molecular weight is 351 g/mol. The summed E-state index contributed by atoms with van der Waals surface area (Å²) in [5.74, 6) is 0.0871. The minimum Gasteiger partial charge on any atom is -0.352 e. The lowest BCUT2D eigenvalue weighted by Crippen LogP contribution is -2.55. The van der Waals surface area contributed by atoms with Crippen LogP contribution in [0.1, 0.15) is 25.3 Å². The maximum absolute atomic E-state index is 12.5. The second kappa shape index (κ2) is 7.21. The molecule has 1 atom stereocenters. The second-order valence-corrected chi connectivity index (χ2v) is 8.60. The summed E-state index contributed by atoms with van der Waals surface area (Å²) in [6.07, 6.45) is 2.15. The number of piperazine rings is 1. The van der Waals surface area contributed by atoms with Gasteiger partial charge in [-0.1, -0.05) is 30.3 Å². The molecule has 0 spiro atoms. The first-order valence-corrected chi connectivity index (χ1v) is 10.1. The summed E-state index contributed by atoms with van der Waals surface area (Å²) in [6, 6.07) is 9.39. The van der Waals surface area contributed by atoms with Crippen molar-refractivity contribution < 1.29 is 13.2 Å². The number of carbonyl (C=O) groups excluding carboxylic acids is 1. The molecule has 1 aliphatic heterocycles. The highest BCUT2D eigenvalue weighted by molar-refractivity contribution is 7.88. The Balaban J connectivity index is 1.53. The third-order valence-corrected chi connectivity index (χ3v) is 6.56. The number of benzene rings is 1. The van der Waals surface area contributed by atoms with Crippen molar-refractivity contribution in [2.75, 3.05) is 26.2 Å². The van der Waals surface area contributed by atoms with Gasteiger partial charge in [0.25, 0.3) is 0 Å². The van der Waals surface area contributed by atoms with Crippen LogP contribution in [0.2, 0.25) is 0 Å². The van der Waals surface area contributed by atoms with E-state index < -0.39 is 10.0 Å². The summed E-state index contributed by atoms with van der Waals surface area (Å²) in [5, 5.41) is 3.01. The fourth-order valence-corrected chi connectivity index (χ4v) is 4.48. The molecule has 0 radical (unpaired) electrons. The van der Waals surface area contributed by atoms with E-state index in [1.54, 1.807) is 4.31 Å². The quantitative estimate of drug-likeness (QED) is 0.823. The summed E-state index contributed by atoms with van der Waals surface area (Å²) in [7, 11) is -3.31. The Labute approximate surface area is 143 Å². The number of sulfonamides is 1. The van der Waals surface area contributed by atoms with Crippen LogP contribution in [0.4, 0.5) is 0 Å². The fourth-order valence-electron chi connectivity index (χ4n) is 2.96. The van der Waals surface area contributed by atoms with Gasteiger partial charge in [-0.3, -0.25) is 9.69 Å². The molecule has 2 fully saturated rings. The normalized spacial score (nSPS) is 21.4. The zero-order valence-corrected chi connectivity index (χ0v) is 14.8. The Morgan fingerprint density at radius 2 is 1.79 bits per heavy atom. The number of amides is 1. The summed E-state index contributed by atoms with van der Waals surface area (Å²) >= 11 is 0. The summed E-state index contributed by atoms with van der Waals surface area (Å²) < 4.78 is 26.6. The lowest BCUT2D eigenvalue weighted by atomic mass is 10.2. The number of carbonyl (C=O) groups is 1. The van der Waals surface area contributed by atoms with Crippen molar-refractivity contribution in [3.05, 3.63) is 35.9 Å². The first-order chi connectivity index (χ1) is 11.5. The van der Waals surface area contributed by atoms with Crippen molar-refractivity contribution in [2.45, 2.75) is 37.6 Å². The van der Waals surface area contributed by atoms with E-state index in [9.17, 15) is 13.2 Å². The molecule has 132 valence electrons. The molecule has 3 rings (SSSR count). The van der Waals surface area contributed by atoms with E-state index in [-0.39, 0.29) is 17.7 Å². The van der Waals surface area contributed by atoms with Crippen LogP contribution in [0.25, 0.3) is 0 Å². The lowest BCUT2D eigenvalue weighted by Gasteiger charge is -2.36. The molecule has 1 heterocycles. The monoisotopic (exact) mass is 351 g/mol. The molecule has 1 aliphatic carbocycles. The van der Waals surface area contributed by atoms with Gasteiger partial charge in [0.05, 0.1) is 11.8 Å². The highest BCUT2D eigenvalue weighted by Crippen LogP contribution is 2.20. The number of nitrogens with zero attached hydrogens (tertiary/aromatic N) is 2. The predicted octanol–water partition coefficient (Wildman–Crippen LogP) is 0.801. The van der Waals surface area contributed by atoms with Gasteiger partial charge in [0, 0.05) is 32.2 Å². The molecule has 1 saturated carbocycles. The number of hydrogen-bond acceptors (Lipinski definition) is 4. The van der Waals surface area contributed by atoms with E-state index in [1.165, 1.54) is 0 Å². The third kappa shape index (κ3) is 4.34. The van der Waals surface area contributed by atoms with Crippen LogP contribution in [0, 0.1) is 0 Å². The van der Waals surface area contributed by atoms with Crippen LogP contribution in [0.15, 0.2) is 30.3 Å². The molecule has 7 heteroatoms. The molecule has 1 unspecified atom stereocenters. The summed E-state index contributed by atoms with van der Waals surface area (Å²) in [5.41, 5.74) is 0.803. The van der Waals surface area contributed by atoms with Crippen LogP contribution in [-0.2, 0) is 20.6 Å². The Morgan fingerprint density at radius 1 is 1.17 bits per heavy atom. The molecule has 6 nitrogen and oxygen atoms in total. The Kier molecular flexibility index (Phi) is 5.22. The van der Waals surface area contributed by atoms with Crippen LogP contribution < -0.4 is 5.32 Å². The highest BCUT2D eigenvalue weighted by Gasteiger charge is 2.32. The van der Waals surface area contributed by atoms with Gasteiger partial charge in [-0.25, -0.2) is 8.42 Å². The standard InChI is InChI=1S/C17H25N3O3S/c1-14(17(21)18-16-7-8-16)19-9-11-20(12-10-19)24(22,23)13-15-5-3-2-4-6-15/h2-6,14,16H,7-13H2,1H3,(H,18,21). The van der Waals surface area contributed by atoms with Crippen molar-refractivity contribution in [3.8, 4) is 0 Å². The Bertz CT molecular complexity index is 666. The molecule has 2 aliphatic rings. The Hall–Kier alpha value is -1.44. The molecule has 1 aromatic rings. The number of nitrogens with one attached hydrogen (secondary N) is 1. The first-order valence-electron chi connectivity index (χ1n) is 8.52. The SMILES string of the molecule is CC(C(=O)NC1CC1)N1CCN(S(=O)(=O)Cc2ccccc2)CC1. The molecular weight excluding hydrogens is 326 g/mol.